The molecule has 1 amide bonds. The summed E-state index contributed by atoms with van der Waals surface area (Å²) in [6, 6.07) is 1.91. The van der Waals surface area contributed by atoms with Crippen molar-refractivity contribution >= 4 is 17.4 Å². The molecule has 0 unspecified atom stereocenters. The third kappa shape index (κ3) is 3.77. The molecule has 0 spiro atoms. The first-order chi connectivity index (χ1) is 11.5. The summed E-state index contributed by atoms with van der Waals surface area (Å²) in [5.74, 6) is 1.28. The molecule has 1 aromatic heterocycles. The Labute approximate surface area is 144 Å². The standard InChI is InChI=1S/C19H27N3O2/c1-14-3-7-22(8-4-14)19(24)16-5-9-21(10-6-16)18-11-17(15(2)23)12-20-13-18/h11-14,16H,3-10H2,1-2H3. The largest absolute Gasteiger partial charge is 0.370 e. The molecule has 1 aromatic rings. The minimum absolute atomic E-state index is 0.0359. The van der Waals surface area contributed by atoms with Crippen molar-refractivity contribution in [3.8, 4) is 0 Å². The minimum atomic E-state index is 0.0359. The number of hydrogen-bond acceptors (Lipinski definition) is 4. The second-order valence-corrected chi connectivity index (χ2v) is 7.26. The molecule has 0 aliphatic carbocycles. The molecule has 3 heterocycles. The van der Waals surface area contributed by atoms with Crippen LogP contribution in [0.1, 0.15) is 49.9 Å². The number of aromatic nitrogens is 1. The minimum Gasteiger partial charge on any atom is -0.370 e. The van der Waals surface area contributed by atoms with Gasteiger partial charge in [-0.25, -0.2) is 0 Å². The van der Waals surface area contributed by atoms with Crippen LogP contribution < -0.4 is 4.90 Å². The highest BCUT2D eigenvalue weighted by Crippen LogP contribution is 2.26. The maximum Gasteiger partial charge on any atom is 0.225 e. The second-order valence-electron chi connectivity index (χ2n) is 7.26. The van der Waals surface area contributed by atoms with Gasteiger partial charge in [-0.3, -0.25) is 14.6 Å². The van der Waals surface area contributed by atoms with Gasteiger partial charge in [0.2, 0.25) is 5.91 Å². The Morgan fingerprint density at radius 2 is 1.71 bits per heavy atom. The van der Waals surface area contributed by atoms with Crippen LogP contribution >= 0.6 is 0 Å². The molecule has 3 rings (SSSR count). The number of ketones is 1. The lowest BCUT2D eigenvalue weighted by molar-refractivity contribution is -0.137. The molecule has 0 radical (unpaired) electrons. The number of anilines is 1. The molecule has 2 aliphatic rings. The Morgan fingerprint density at radius 3 is 2.33 bits per heavy atom. The van der Waals surface area contributed by atoms with E-state index in [0.717, 1.165) is 63.5 Å². The van der Waals surface area contributed by atoms with Gasteiger partial charge in [0.05, 0.1) is 11.9 Å². The first kappa shape index (κ1) is 16.9. The fraction of sp³-hybridized carbons (Fsp3) is 0.632. The summed E-state index contributed by atoms with van der Waals surface area (Å²) in [5.41, 5.74) is 1.63. The lowest BCUT2D eigenvalue weighted by Crippen LogP contribution is -2.45. The molecule has 2 aliphatic heterocycles. The zero-order valence-electron chi connectivity index (χ0n) is 14.7. The zero-order valence-corrected chi connectivity index (χ0v) is 14.7. The first-order valence-electron chi connectivity index (χ1n) is 9.04. The van der Waals surface area contributed by atoms with Gasteiger partial charge in [0, 0.05) is 43.9 Å². The average Bonchev–Trinajstić information content (AvgIpc) is 2.62. The molecule has 5 nitrogen and oxygen atoms in total. The number of rotatable bonds is 3. The van der Waals surface area contributed by atoms with E-state index in [1.54, 1.807) is 19.3 Å². The smallest absolute Gasteiger partial charge is 0.225 e. The van der Waals surface area contributed by atoms with E-state index < -0.39 is 0 Å². The van der Waals surface area contributed by atoms with E-state index in [0.29, 0.717) is 11.5 Å². The Hall–Kier alpha value is -1.91. The summed E-state index contributed by atoms with van der Waals surface area (Å²) >= 11 is 0. The van der Waals surface area contributed by atoms with Crippen molar-refractivity contribution in [1.29, 1.82) is 0 Å². The third-order valence-corrected chi connectivity index (χ3v) is 5.43. The van der Waals surface area contributed by atoms with Crippen LogP contribution in [0.15, 0.2) is 18.5 Å². The first-order valence-corrected chi connectivity index (χ1v) is 9.04. The third-order valence-electron chi connectivity index (χ3n) is 5.43. The average molecular weight is 329 g/mol. The topological polar surface area (TPSA) is 53.5 Å². The molecule has 130 valence electrons. The number of carbonyl (C=O) groups excluding carboxylic acids is 2. The normalized spacial score (nSPS) is 20.2. The van der Waals surface area contributed by atoms with Crippen LogP contribution in [0, 0.1) is 11.8 Å². The van der Waals surface area contributed by atoms with Gasteiger partial charge >= 0.3 is 0 Å². The van der Waals surface area contributed by atoms with Crippen LogP contribution in [0.5, 0.6) is 0 Å². The number of piperidine rings is 2. The van der Waals surface area contributed by atoms with E-state index in [2.05, 4.69) is 21.7 Å². The number of pyridine rings is 1. The lowest BCUT2D eigenvalue weighted by Gasteiger charge is -2.37. The molecular formula is C19H27N3O2. The molecule has 0 aromatic carbocycles. The molecule has 24 heavy (non-hydrogen) atoms. The molecule has 0 N–H and O–H groups in total. The number of carbonyl (C=O) groups is 2. The molecule has 0 saturated carbocycles. The van der Waals surface area contributed by atoms with Crippen molar-refractivity contribution in [2.24, 2.45) is 11.8 Å². The molecular weight excluding hydrogens is 302 g/mol. The quantitative estimate of drug-likeness (QED) is 0.800. The highest BCUT2D eigenvalue weighted by molar-refractivity contribution is 5.94. The van der Waals surface area contributed by atoms with Gasteiger partial charge < -0.3 is 9.80 Å². The van der Waals surface area contributed by atoms with E-state index >= 15 is 0 Å². The predicted molar refractivity (Wildman–Crippen MR) is 94.2 cm³/mol. The van der Waals surface area contributed by atoms with Gasteiger partial charge in [-0.05, 0) is 44.6 Å². The Morgan fingerprint density at radius 1 is 1.04 bits per heavy atom. The lowest BCUT2D eigenvalue weighted by atomic mass is 9.92. The van der Waals surface area contributed by atoms with Crippen molar-refractivity contribution in [1.82, 2.24) is 9.88 Å². The van der Waals surface area contributed by atoms with Crippen molar-refractivity contribution in [2.45, 2.75) is 39.5 Å². The number of amides is 1. The fourth-order valence-electron chi connectivity index (χ4n) is 3.67. The van der Waals surface area contributed by atoms with Crippen LogP contribution in [0.2, 0.25) is 0 Å². The summed E-state index contributed by atoms with van der Waals surface area (Å²) in [6.45, 7) is 7.37. The van der Waals surface area contributed by atoms with Crippen molar-refractivity contribution in [3.05, 3.63) is 24.0 Å². The molecule has 2 fully saturated rings. The Balaban J connectivity index is 1.56. The maximum absolute atomic E-state index is 12.7. The van der Waals surface area contributed by atoms with Gasteiger partial charge in [0.15, 0.2) is 5.78 Å². The molecule has 2 saturated heterocycles. The summed E-state index contributed by atoms with van der Waals surface area (Å²) in [4.78, 5) is 32.7. The van der Waals surface area contributed by atoms with Crippen LogP contribution in [-0.4, -0.2) is 47.8 Å². The number of hydrogen-bond donors (Lipinski definition) is 0. The van der Waals surface area contributed by atoms with Crippen LogP contribution in [0.4, 0.5) is 5.69 Å². The van der Waals surface area contributed by atoms with E-state index in [9.17, 15) is 9.59 Å². The maximum atomic E-state index is 12.7. The summed E-state index contributed by atoms with van der Waals surface area (Å²) < 4.78 is 0. The fourth-order valence-corrected chi connectivity index (χ4v) is 3.67. The van der Waals surface area contributed by atoms with Crippen molar-refractivity contribution in [2.75, 3.05) is 31.1 Å². The van der Waals surface area contributed by atoms with Gasteiger partial charge in [-0.2, -0.15) is 0 Å². The summed E-state index contributed by atoms with van der Waals surface area (Å²) in [7, 11) is 0. The van der Waals surface area contributed by atoms with Gasteiger partial charge in [0.25, 0.3) is 0 Å². The van der Waals surface area contributed by atoms with Crippen molar-refractivity contribution in [3.63, 3.8) is 0 Å². The van der Waals surface area contributed by atoms with E-state index in [4.69, 9.17) is 0 Å². The highest BCUT2D eigenvalue weighted by Gasteiger charge is 2.30. The van der Waals surface area contributed by atoms with E-state index in [1.807, 2.05) is 6.07 Å². The Bertz CT molecular complexity index is 600. The summed E-state index contributed by atoms with van der Waals surface area (Å²) in [5, 5.41) is 0. The van der Waals surface area contributed by atoms with Gasteiger partial charge in [-0.15, -0.1) is 0 Å². The predicted octanol–water partition coefficient (Wildman–Crippen LogP) is 2.76. The Kier molecular flexibility index (Phi) is 5.17. The van der Waals surface area contributed by atoms with E-state index in [-0.39, 0.29) is 11.7 Å². The summed E-state index contributed by atoms with van der Waals surface area (Å²) in [6.07, 6.45) is 7.45. The van der Waals surface area contributed by atoms with Crippen LogP contribution in [0.3, 0.4) is 0 Å². The van der Waals surface area contributed by atoms with Gasteiger partial charge in [-0.1, -0.05) is 6.92 Å². The molecule has 0 atom stereocenters. The SMILES string of the molecule is CC(=O)c1cncc(N2CCC(C(=O)N3CCC(C)CC3)CC2)c1. The zero-order chi connectivity index (χ0) is 17.1. The number of likely N-dealkylation sites (tertiary alicyclic amines) is 1. The van der Waals surface area contributed by atoms with Crippen LogP contribution in [0.25, 0.3) is 0 Å². The van der Waals surface area contributed by atoms with E-state index in [1.165, 1.54) is 0 Å². The molecule has 0 bridgehead atoms. The van der Waals surface area contributed by atoms with Crippen LogP contribution in [-0.2, 0) is 4.79 Å². The number of Topliss-reactive ketones (excluding diaryl/α,β-unsaturated/α-hetero) is 1. The van der Waals surface area contributed by atoms with Crippen molar-refractivity contribution < 1.29 is 9.59 Å². The monoisotopic (exact) mass is 329 g/mol. The number of nitrogens with zero attached hydrogens (tertiary/aromatic N) is 3. The van der Waals surface area contributed by atoms with Gasteiger partial charge in [0.1, 0.15) is 0 Å². The highest BCUT2D eigenvalue weighted by atomic mass is 16.2. The second kappa shape index (κ2) is 7.32. The molecule has 5 heteroatoms.